The van der Waals surface area contributed by atoms with Crippen molar-refractivity contribution in [2.45, 2.75) is 20.5 Å². The van der Waals surface area contributed by atoms with Crippen LogP contribution in [0, 0.1) is 12.8 Å². The number of halogens is 2. The molecule has 1 aromatic heterocycles. The van der Waals surface area contributed by atoms with Crippen molar-refractivity contribution in [3.8, 4) is 17.0 Å². The lowest BCUT2D eigenvalue weighted by Gasteiger charge is -2.05. The fraction of sp³-hybridized carbons (Fsp3) is 0.267. The van der Waals surface area contributed by atoms with Crippen LogP contribution in [0.4, 0.5) is 13.9 Å². The van der Waals surface area contributed by atoms with Gasteiger partial charge in [-0.3, -0.25) is 9.59 Å². The standard InChI is InChI=1S/C15H14F2N2O4S/c1-7(13(21)22)12(20)19-15-18-11(8(2)24-15)9-3-5-10(6-4-9)23-14(16)17/h3-7,14H,1-2H3,(H,21,22)(H,18,19,20). The Bertz CT molecular complexity index is 746. The van der Waals surface area contributed by atoms with E-state index in [-0.39, 0.29) is 10.9 Å². The van der Waals surface area contributed by atoms with Gasteiger partial charge in [0.1, 0.15) is 11.7 Å². The Morgan fingerprint density at radius 3 is 2.46 bits per heavy atom. The van der Waals surface area contributed by atoms with Gasteiger partial charge < -0.3 is 15.2 Å². The van der Waals surface area contributed by atoms with E-state index in [0.29, 0.717) is 11.3 Å². The molecule has 1 heterocycles. The Kier molecular flexibility index (Phi) is 5.45. The first-order chi connectivity index (χ1) is 11.3. The molecule has 0 radical (unpaired) electrons. The number of benzene rings is 1. The topological polar surface area (TPSA) is 88.5 Å². The number of rotatable bonds is 6. The van der Waals surface area contributed by atoms with Gasteiger partial charge in [0.15, 0.2) is 5.13 Å². The van der Waals surface area contributed by atoms with E-state index in [1.54, 1.807) is 19.1 Å². The molecule has 9 heteroatoms. The summed E-state index contributed by atoms with van der Waals surface area (Å²) in [6.45, 7) is 0.170. The molecule has 128 valence electrons. The average molecular weight is 356 g/mol. The molecular weight excluding hydrogens is 342 g/mol. The van der Waals surface area contributed by atoms with Crippen molar-refractivity contribution >= 4 is 28.3 Å². The third-order valence-electron chi connectivity index (χ3n) is 3.14. The van der Waals surface area contributed by atoms with Crippen LogP contribution in [0.15, 0.2) is 24.3 Å². The molecule has 0 spiro atoms. The summed E-state index contributed by atoms with van der Waals surface area (Å²) in [5, 5.41) is 11.5. The monoisotopic (exact) mass is 356 g/mol. The molecule has 0 bridgehead atoms. The first-order valence-corrected chi connectivity index (χ1v) is 7.66. The van der Waals surface area contributed by atoms with Crippen LogP contribution in [0.25, 0.3) is 11.3 Å². The number of nitrogens with zero attached hydrogens (tertiary/aromatic N) is 1. The minimum Gasteiger partial charge on any atom is -0.481 e. The van der Waals surface area contributed by atoms with Gasteiger partial charge in [-0.05, 0) is 38.1 Å². The number of carboxylic acid groups (broad SMARTS) is 1. The second kappa shape index (κ2) is 7.35. The molecule has 0 fully saturated rings. The quantitative estimate of drug-likeness (QED) is 0.775. The number of thiazole rings is 1. The van der Waals surface area contributed by atoms with Crippen LogP contribution in [0.1, 0.15) is 11.8 Å². The average Bonchev–Trinajstić information content (AvgIpc) is 2.87. The van der Waals surface area contributed by atoms with Gasteiger partial charge in [-0.1, -0.05) is 0 Å². The largest absolute Gasteiger partial charge is 0.481 e. The summed E-state index contributed by atoms with van der Waals surface area (Å²) in [7, 11) is 0. The molecule has 24 heavy (non-hydrogen) atoms. The van der Waals surface area contributed by atoms with E-state index in [4.69, 9.17) is 5.11 Å². The summed E-state index contributed by atoms with van der Waals surface area (Å²) < 4.78 is 28.6. The van der Waals surface area contributed by atoms with Gasteiger partial charge >= 0.3 is 12.6 Å². The number of aromatic nitrogens is 1. The molecule has 6 nitrogen and oxygen atoms in total. The summed E-state index contributed by atoms with van der Waals surface area (Å²) >= 11 is 1.19. The third-order valence-corrected chi connectivity index (χ3v) is 4.03. The zero-order chi connectivity index (χ0) is 17.9. The number of ether oxygens (including phenoxy) is 1. The highest BCUT2D eigenvalue weighted by Gasteiger charge is 2.22. The van der Waals surface area contributed by atoms with Crippen molar-refractivity contribution in [1.82, 2.24) is 4.98 Å². The Hall–Kier alpha value is -2.55. The van der Waals surface area contributed by atoms with E-state index >= 15 is 0 Å². The number of anilines is 1. The number of alkyl halides is 2. The number of aliphatic carboxylic acids is 1. The highest BCUT2D eigenvalue weighted by molar-refractivity contribution is 7.16. The van der Waals surface area contributed by atoms with Crippen LogP contribution in [-0.2, 0) is 9.59 Å². The lowest BCUT2D eigenvalue weighted by Crippen LogP contribution is -2.26. The highest BCUT2D eigenvalue weighted by Crippen LogP contribution is 2.31. The van der Waals surface area contributed by atoms with Crippen LogP contribution < -0.4 is 10.1 Å². The molecule has 0 aliphatic rings. The van der Waals surface area contributed by atoms with Gasteiger partial charge in [-0.25, -0.2) is 4.98 Å². The fourth-order valence-electron chi connectivity index (χ4n) is 1.84. The SMILES string of the molecule is Cc1sc(NC(=O)C(C)C(=O)O)nc1-c1ccc(OC(F)F)cc1. The molecule has 2 N–H and O–H groups in total. The Balaban J connectivity index is 2.16. The van der Waals surface area contributed by atoms with Crippen LogP contribution in [0.3, 0.4) is 0 Å². The molecular formula is C15H14F2N2O4S. The van der Waals surface area contributed by atoms with E-state index in [0.717, 1.165) is 4.88 Å². The predicted octanol–water partition coefficient (Wildman–Crippen LogP) is 3.38. The second-order valence-corrected chi connectivity index (χ2v) is 6.08. The zero-order valence-corrected chi connectivity index (χ0v) is 13.6. The highest BCUT2D eigenvalue weighted by atomic mass is 32.1. The second-order valence-electron chi connectivity index (χ2n) is 4.88. The number of nitrogens with one attached hydrogen (secondary N) is 1. The molecule has 1 unspecified atom stereocenters. The lowest BCUT2D eigenvalue weighted by molar-refractivity contribution is -0.144. The smallest absolute Gasteiger partial charge is 0.387 e. The van der Waals surface area contributed by atoms with E-state index in [9.17, 15) is 18.4 Å². The number of amides is 1. The minimum absolute atomic E-state index is 0.0328. The van der Waals surface area contributed by atoms with E-state index < -0.39 is 24.4 Å². The molecule has 0 saturated heterocycles. The van der Waals surface area contributed by atoms with Crippen molar-refractivity contribution in [2.24, 2.45) is 5.92 Å². The van der Waals surface area contributed by atoms with Gasteiger partial charge in [-0.15, -0.1) is 11.3 Å². The van der Waals surface area contributed by atoms with Gasteiger partial charge in [0, 0.05) is 10.4 Å². The molecule has 1 aromatic carbocycles. The maximum absolute atomic E-state index is 12.1. The molecule has 0 aliphatic carbocycles. The van der Waals surface area contributed by atoms with Gasteiger partial charge in [0.05, 0.1) is 5.69 Å². The first kappa shape index (κ1) is 17.8. The van der Waals surface area contributed by atoms with Crippen molar-refractivity contribution in [3.63, 3.8) is 0 Å². The maximum Gasteiger partial charge on any atom is 0.387 e. The number of carboxylic acids is 1. The van der Waals surface area contributed by atoms with Crippen molar-refractivity contribution in [3.05, 3.63) is 29.1 Å². The van der Waals surface area contributed by atoms with E-state index in [2.05, 4.69) is 15.0 Å². The summed E-state index contributed by atoms with van der Waals surface area (Å²) in [4.78, 5) is 27.6. The summed E-state index contributed by atoms with van der Waals surface area (Å²) in [5.74, 6) is -3.05. The van der Waals surface area contributed by atoms with Crippen molar-refractivity contribution < 1.29 is 28.2 Å². The number of aryl methyl sites for hydroxylation is 1. The Morgan fingerprint density at radius 1 is 1.29 bits per heavy atom. The molecule has 0 saturated carbocycles. The maximum atomic E-state index is 12.1. The van der Waals surface area contributed by atoms with E-state index in [1.165, 1.54) is 30.4 Å². The third kappa shape index (κ3) is 4.25. The van der Waals surface area contributed by atoms with Crippen molar-refractivity contribution in [2.75, 3.05) is 5.32 Å². The molecule has 1 amide bonds. The Labute approximate surface area is 140 Å². The van der Waals surface area contributed by atoms with Gasteiger partial charge in [0.2, 0.25) is 5.91 Å². The van der Waals surface area contributed by atoms with Crippen LogP contribution in [0.5, 0.6) is 5.75 Å². The summed E-state index contributed by atoms with van der Waals surface area (Å²) in [5.41, 5.74) is 1.24. The molecule has 0 aliphatic heterocycles. The Morgan fingerprint density at radius 2 is 1.92 bits per heavy atom. The van der Waals surface area contributed by atoms with Crippen LogP contribution in [0.2, 0.25) is 0 Å². The summed E-state index contributed by atoms with van der Waals surface area (Å²) in [6.07, 6.45) is 0. The summed E-state index contributed by atoms with van der Waals surface area (Å²) in [6, 6.07) is 5.94. The normalized spacial score (nSPS) is 12.0. The number of hydrogen-bond donors (Lipinski definition) is 2. The van der Waals surface area contributed by atoms with Crippen LogP contribution >= 0.6 is 11.3 Å². The number of carbonyl (C=O) groups is 2. The predicted molar refractivity (Wildman–Crippen MR) is 84.3 cm³/mol. The molecule has 2 aromatic rings. The fourth-order valence-corrected chi connectivity index (χ4v) is 2.68. The zero-order valence-electron chi connectivity index (χ0n) is 12.7. The minimum atomic E-state index is -2.89. The van der Waals surface area contributed by atoms with Gasteiger partial charge in [0.25, 0.3) is 0 Å². The van der Waals surface area contributed by atoms with E-state index in [1.807, 2.05) is 0 Å². The van der Waals surface area contributed by atoms with Crippen molar-refractivity contribution in [1.29, 1.82) is 0 Å². The molecule has 2 rings (SSSR count). The van der Waals surface area contributed by atoms with Gasteiger partial charge in [-0.2, -0.15) is 8.78 Å². The van der Waals surface area contributed by atoms with Crippen LogP contribution in [-0.4, -0.2) is 28.6 Å². The number of carbonyl (C=O) groups excluding carboxylic acids is 1. The number of hydrogen-bond acceptors (Lipinski definition) is 5. The molecule has 1 atom stereocenters. The lowest BCUT2D eigenvalue weighted by atomic mass is 10.1. The first-order valence-electron chi connectivity index (χ1n) is 6.84.